The van der Waals surface area contributed by atoms with E-state index >= 15 is 0 Å². The smallest absolute Gasteiger partial charge is 0.124 e. The van der Waals surface area contributed by atoms with Crippen LogP contribution < -0.4 is 0 Å². The fourth-order valence-corrected chi connectivity index (χ4v) is 2.05. The molecular formula is C18H11ClN2. The number of benzene rings is 2. The van der Waals surface area contributed by atoms with E-state index in [1.165, 1.54) is 6.33 Å². The Morgan fingerprint density at radius 2 is 1.62 bits per heavy atom. The lowest BCUT2D eigenvalue weighted by Crippen LogP contribution is -1.90. The number of hydrogen-bond acceptors (Lipinski definition) is 2. The summed E-state index contributed by atoms with van der Waals surface area (Å²) in [5, 5.41) is 0.701. The van der Waals surface area contributed by atoms with Crippen molar-refractivity contribution in [1.82, 2.24) is 9.97 Å². The lowest BCUT2D eigenvalue weighted by atomic mass is 10.1. The molecule has 3 rings (SSSR count). The van der Waals surface area contributed by atoms with Crippen LogP contribution in [0.1, 0.15) is 11.3 Å². The number of aromatic nitrogens is 2. The number of nitrogens with zero attached hydrogens (tertiary/aromatic N) is 2. The minimum Gasteiger partial charge on any atom is -0.244 e. The van der Waals surface area contributed by atoms with Crippen LogP contribution >= 0.6 is 11.6 Å². The van der Waals surface area contributed by atoms with E-state index < -0.39 is 0 Å². The Labute approximate surface area is 128 Å². The molecule has 0 spiro atoms. The molecule has 3 aromatic rings. The van der Waals surface area contributed by atoms with E-state index in [9.17, 15) is 0 Å². The highest BCUT2D eigenvalue weighted by Gasteiger charge is 2.04. The van der Waals surface area contributed by atoms with E-state index in [4.69, 9.17) is 11.6 Å². The van der Waals surface area contributed by atoms with Crippen LogP contribution in [0.5, 0.6) is 0 Å². The van der Waals surface area contributed by atoms with Crippen LogP contribution in [0, 0.1) is 11.8 Å². The van der Waals surface area contributed by atoms with E-state index in [1.807, 2.05) is 54.6 Å². The molecule has 1 aromatic heterocycles. The van der Waals surface area contributed by atoms with E-state index in [2.05, 4.69) is 21.8 Å². The maximum absolute atomic E-state index is 5.92. The summed E-state index contributed by atoms with van der Waals surface area (Å²) in [4.78, 5) is 8.36. The zero-order valence-corrected chi connectivity index (χ0v) is 11.9. The Balaban J connectivity index is 2.01. The molecule has 0 aliphatic carbocycles. The summed E-state index contributed by atoms with van der Waals surface area (Å²) in [7, 11) is 0. The number of halogens is 1. The molecule has 0 saturated carbocycles. The second kappa shape index (κ2) is 6.21. The fourth-order valence-electron chi connectivity index (χ4n) is 1.92. The van der Waals surface area contributed by atoms with Gasteiger partial charge in [0.15, 0.2) is 0 Å². The third-order valence-electron chi connectivity index (χ3n) is 2.97. The molecule has 0 bridgehead atoms. The van der Waals surface area contributed by atoms with Crippen LogP contribution in [0.15, 0.2) is 67.1 Å². The van der Waals surface area contributed by atoms with Gasteiger partial charge in [0.2, 0.25) is 0 Å². The van der Waals surface area contributed by atoms with Gasteiger partial charge in [-0.25, -0.2) is 9.97 Å². The zero-order valence-electron chi connectivity index (χ0n) is 11.1. The first kappa shape index (κ1) is 13.4. The van der Waals surface area contributed by atoms with Crippen molar-refractivity contribution in [2.24, 2.45) is 0 Å². The molecule has 0 fully saturated rings. The van der Waals surface area contributed by atoms with Gasteiger partial charge in [0.25, 0.3) is 0 Å². The Hall–Kier alpha value is -2.63. The normalized spacial score (nSPS) is 9.76. The summed E-state index contributed by atoms with van der Waals surface area (Å²) < 4.78 is 0. The Morgan fingerprint density at radius 1 is 0.857 bits per heavy atom. The molecule has 0 unspecified atom stereocenters. The van der Waals surface area contributed by atoms with Gasteiger partial charge in [-0.3, -0.25) is 0 Å². The first-order chi connectivity index (χ1) is 10.3. The summed E-state index contributed by atoms with van der Waals surface area (Å²) in [6, 6.07) is 17.4. The minimum atomic E-state index is 0.701. The van der Waals surface area contributed by atoms with Gasteiger partial charge in [0.1, 0.15) is 12.0 Å². The van der Waals surface area contributed by atoms with Crippen molar-refractivity contribution in [2.75, 3.05) is 0 Å². The Kier molecular flexibility index (Phi) is 3.95. The van der Waals surface area contributed by atoms with Crippen LogP contribution in [0.2, 0.25) is 5.02 Å². The van der Waals surface area contributed by atoms with Crippen molar-refractivity contribution < 1.29 is 0 Å². The first-order valence-electron chi connectivity index (χ1n) is 6.46. The number of rotatable bonds is 1. The topological polar surface area (TPSA) is 25.8 Å². The average molecular weight is 291 g/mol. The zero-order chi connectivity index (χ0) is 14.5. The van der Waals surface area contributed by atoms with Gasteiger partial charge in [-0.05, 0) is 35.7 Å². The molecule has 100 valence electrons. The molecule has 2 nitrogen and oxygen atoms in total. The summed E-state index contributed by atoms with van der Waals surface area (Å²) in [5.41, 5.74) is 3.56. The monoisotopic (exact) mass is 290 g/mol. The molecule has 3 heteroatoms. The van der Waals surface area contributed by atoms with Crippen molar-refractivity contribution >= 4 is 11.6 Å². The molecule has 0 aliphatic rings. The second-order valence-corrected chi connectivity index (χ2v) is 4.84. The van der Waals surface area contributed by atoms with E-state index in [0.717, 1.165) is 16.7 Å². The van der Waals surface area contributed by atoms with Crippen molar-refractivity contribution in [1.29, 1.82) is 0 Å². The van der Waals surface area contributed by atoms with Crippen molar-refractivity contribution in [2.45, 2.75) is 0 Å². The maximum atomic E-state index is 5.92. The standard InChI is InChI=1S/C18H11ClN2/c19-16-9-7-15(8-10-16)17-12-20-13-21-18(17)11-6-14-4-2-1-3-5-14/h1-5,7-10,12-13H. The van der Waals surface area contributed by atoms with E-state index in [-0.39, 0.29) is 0 Å². The number of hydrogen-bond donors (Lipinski definition) is 0. The lowest BCUT2D eigenvalue weighted by molar-refractivity contribution is 1.15. The quantitative estimate of drug-likeness (QED) is 0.628. The predicted octanol–water partition coefficient (Wildman–Crippen LogP) is 4.20. The molecule has 0 amide bonds. The van der Waals surface area contributed by atoms with Crippen LogP contribution in [0.3, 0.4) is 0 Å². The molecule has 0 aliphatic heterocycles. The summed E-state index contributed by atoms with van der Waals surface area (Å²) in [6.45, 7) is 0. The average Bonchev–Trinajstić information content (AvgIpc) is 2.55. The van der Waals surface area contributed by atoms with Gasteiger partial charge in [0, 0.05) is 22.3 Å². The van der Waals surface area contributed by atoms with E-state index in [1.54, 1.807) is 6.20 Å². The van der Waals surface area contributed by atoms with Crippen LogP contribution in [0.25, 0.3) is 11.1 Å². The lowest BCUT2D eigenvalue weighted by Gasteiger charge is -2.03. The molecule has 0 saturated heterocycles. The highest BCUT2D eigenvalue weighted by Crippen LogP contribution is 2.22. The van der Waals surface area contributed by atoms with E-state index in [0.29, 0.717) is 10.7 Å². The van der Waals surface area contributed by atoms with Crippen LogP contribution in [-0.4, -0.2) is 9.97 Å². The largest absolute Gasteiger partial charge is 0.244 e. The summed E-state index contributed by atoms with van der Waals surface area (Å²) >= 11 is 5.92. The molecule has 2 aromatic carbocycles. The summed E-state index contributed by atoms with van der Waals surface area (Å²) in [5.74, 6) is 6.22. The molecule has 21 heavy (non-hydrogen) atoms. The third kappa shape index (κ3) is 3.28. The van der Waals surface area contributed by atoms with Crippen LogP contribution in [-0.2, 0) is 0 Å². The van der Waals surface area contributed by atoms with Crippen LogP contribution in [0.4, 0.5) is 0 Å². The van der Waals surface area contributed by atoms with Crippen molar-refractivity contribution in [3.8, 4) is 23.0 Å². The van der Waals surface area contributed by atoms with Gasteiger partial charge >= 0.3 is 0 Å². The fraction of sp³-hybridized carbons (Fsp3) is 0. The van der Waals surface area contributed by atoms with Gasteiger partial charge in [-0.15, -0.1) is 0 Å². The molecule has 0 N–H and O–H groups in total. The summed E-state index contributed by atoms with van der Waals surface area (Å²) in [6.07, 6.45) is 3.28. The van der Waals surface area contributed by atoms with Gasteiger partial charge in [-0.1, -0.05) is 47.9 Å². The third-order valence-corrected chi connectivity index (χ3v) is 3.22. The minimum absolute atomic E-state index is 0.701. The molecule has 0 radical (unpaired) electrons. The SMILES string of the molecule is Clc1ccc(-c2cncnc2C#Cc2ccccc2)cc1. The molecular weight excluding hydrogens is 280 g/mol. The van der Waals surface area contributed by atoms with Gasteiger partial charge < -0.3 is 0 Å². The second-order valence-electron chi connectivity index (χ2n) is 4.41. The van der Waals surface area contributed by atoms with Crippen molar-refractivity contribution in [3.05, 3.63) is 83.4 Å². The highest BCUT2D eigenvalue weighted by molar-refractivity contribution is 6.30. The predicted molar refractivity (Wildman–Crippen MR) is 84.9 cm³/mol. The first-order valence-corrected chi connectivity index (χ1v) is 6.84. The Morgan fingerprint density at radius 3 is 2.38 bits per heavy atom. The van der Waals surface area contributed by atoms with Crippen molar-refractivity contribution in [3.63, 3.8) is 0 Å². The maximum Gasteiger partial charge on any atom is 0.124 e. The van der Waals surface area contributed by atoms with Gasteiger partial charge in [-0.2, -0.15) is 0 Å². The molecule has 0 atom stereocenters. The highest BCUT2D eigenvalue weighted by atomic mass is 35.5. The molecule has 1 heterocycles. The Bertz CT molecular complexity index is 800. The van der Waals surface area contributed by atoms with Gasteiger partial charge in [0.05, 0.1) is 0 Å².